The van der Waals surface area contributed by atoms with Gasteiger partial charge in [0.2, 0.25) is 5.91 Å². The van der Waals surface area contributed by atoms with Crippen molar-refractivity contribution in [3.05, 3.63) is 39.9 Å². The highest BCUT2D eigenvalue weighted by Gasteiger charge is 2.24. The van der Waals surface area contributed by atoms with Crippen molar-refractivity contribution in [2.24, 2.45) is 0 Å². The third-order valence-electron chi connectivity index (χ3n) is 3.76. The molecule has 3 rings (SSSR count). The van der Waals surface area contributed by atoms with Crippen LogP contribution in [0.3, 0.4) is 0 Å². The number of aromatic nitrogens is 2. The number of nitro benzene ring substituents is 1. The molecule has 1 amide bonds. The number of hydrogen-bond acceptors (Lipinski definition) is 8. The van der Waals surface area contributed by atoms with Gasteiger partial charge in [-0.1, -0.05) is 11.8 Å². The van der Waals surface area contributed by atoms with Crippen LogP contribution < -0.4 is 16.4 Å². The largest absolute Gasteiger partial charge is 0.383 e. The summed E-state index contributed by atoms with van der Waals surface area (Å²) >= 11 is 1.15. The van der Waals surface area contributed by atoms with Gasteiger partial charge in [0, 0.05) is 30.4 Å². The van der Waals surface area contributed by atoms with E-state index in [0.717, 1.165) is 29.4 Å². The second-order valence-corrected chi connectivity index (χ2v) is 6.45. The Balaban J connectivity index is 1.74. The number of nitrogens with two attached hydrogens (primary N) is 2. The molecule has 0 saturated carbocycles. The number of aryl methyl sites for hydroxylation is 1. The molecular formula is C15H16N6O3S. The van der Waals surface area contributed by atoms with E-state index in [1.165, 1.54) is 18.2 Å². The molecule has 0 fully saturated rings. The van der Waals surface area contributed by atoms with Crippen LogP contribution in [-0.2, 0) is 11.2 Å². The van der Waals surface area contributed by atoms with Gasteiger partial charge in [-0.15, -0.1) is 0 Å². The van der Waals surface area contributed by atoms with E-state index in [9.17, 15) is 14.9 Å². The number of rotatable bonds is 4. The van der Waals surface area contributed by atoms with Gasteiger partial charge >= 0.3 is 0 Å². The number of nitro groups is 1. The molecule has 2 heterocycles. The highest BCUT2D eigenvalue weighted by atomic mass is 32.2. The van der Waals surface area contributed by atoms with Crippen LogP contribution in [-0.4, -0.2) is 33.1 Å². The van der Waals surface area contributed by atoms with E-state index in [1.54, 1.807) is 11.0 Å². The minimum Gasteiger partial charge on any atom is -0.383 e. The molecule has 0 saturated heterocycles. The standard InChI is InChI=1S/C15H16N6O3S/c16-12-7-13(17)19-15(18-12)25-8-14(22)20-5-1-2-9-6-10(21(23)24)3-4-11(9)20/h3-4,6-7H,1-2,5,8H2,(H4,16,17,18,19). The van der Waals surface area contributed by atoms with Crippen molar-refractivity contribution in [2.75, 3.05) is 28.7 Å². The predicted octanol–water partition coefficient (Wildman–Crippen LogP) is 1.62. The Morgan fingerprint density at radius 2 is 2.00 bits per heavy atom. The highest BCUT2D eigenvalue weighted by Crippen LogP contribution is 2.31. The summed E-state index contributed by atoms with van der Waals surface area (Å²) in [5.74, 6) is 0.500. The molecule has 1 aliphatic rings. The number of carbonyl (C=O) groups is 1. The summed E-state index contributed by atoms with van der Waals surface area (Å²) in [6.07, 6.45) is 1.47. The van der Waals surface area contributed by atoms with Crippen LogP contribution in [0.2, 0.25) is 0 Å². The zero-order valence-electron chi connectivity index (χ0n) is 13.2. The van der Waals surface area contributed by atoms with E-state index in [4.69, 9.17) is 11.5 Å². The summed E-state index contributed by atoms with van der Waals surface area (Å²) in [6.45, 7) is 0.574. The SMILES string of the molecule is Nc1cc(N)nc(SCC(=O)N2CCCc3cc([N+](=O)[O-])ccc32)n1. The van der Waals surface area contributed by atoms with Crippen molar-refractivity contribution in [2.45, 2.75) is 18.0 Å². The molecule has 10 heteroatoms. The van der Waals surface area contributed by atoms with Gasteiger partial charge in [-0.05, 0) is 24.5 Å². The zero-order valence-corrected chi connectivity index (χ0v) is 14.0. The summed E-state index contributed by atoms with van der Waals surface area (Å²) in [7, 11) is 0. The molecule has 0 unspecified atom stereocenters. The molecule has 0 atom stereocenters. The molecule has 25 heavy (non-hydrogen) atoms. The Labute approximate surface area is 147 Å². The lowest BCUT2D eigenvalue weighted by atomic mass is 10.0. The van der Waals surface area contributed by atoms with Crippen LogP contribution in [0.15, 0.2) is 29.4 Å². The summed E-state index contributed by atoms with van der Waals surface area (Å²) in [6, 6.07) is 6.02. The van der Waals surface area contributed by atoms with Crippen LogP contribution in [0.5, 0.6) is 0 Å². The van der Waals surface area contributed by atoms with Crippen molar-refractivity contribution in [1.82, 2.24) is 9.97 Å². The maximum Gasteiger partial charge on any atom is 0.269 e. The van der Waals surface area contributed by atoms with E-state index in [-0.39, 0.29) is 29.0 Å². The van der Waals surface area contributed by atoms with Gasteiger partial charge in [0.1, 0.15) is 11.6 Å². The van der Waals surface area contributed by atoms with E-state index in [0.29, 0.717) is 18.1 Å². The van der Waals surface area contributed by atoms with Crippen LogP contribution in [0.25, 0.3) is 0 Å². The fourth-order valence-corrected chi connectivity index (χ4v) is 3.44. The molecule has 0 bridgehead atoms. The molecule has 2 aromatic rings. The number of nitrogens with zero attached hydrogens (tertiary/aromatic N) is 4. The maximum absolute atomic E-state index is 12.6. The van der Waals surface area contributed by atoms with Gasteiger partial charge in [-0.2, -0.15) is 0 Å². The van der Waals surface area contributed by atoms with Gasteiger partial charge in [0.05, 0.1) is 10.7 Å². The Kier molecular flexibility index (Phi) is 4.70. The van der Waals surface area contributed by atoms with Gasteiger partial charge in [-0.3, -0.25) is 14.9 Å². The van der Waals surface area contributed by atoms with Crippen molar-refractivity contribution in [3.8, 4) is 0 Å². The third-order valence-corrected chi connectivity index (χ3v) is 4.60. The summed E-state index contributed by atoms with van der Waals surface area (Å²) in [5.41, 5.74) is 12.8. The first kappa shape index (κ1) is 17.0. The first-order chi connectivity index (χ1) is 11.9. The Morgan fingerprint density at radius 1 is 1.28 bits per heavy atom. The number of nitrogen functional groups attached to an aromatic ring is 2. The Morgan fingerprint density at radius 3 is 2.68 bits per heavy atom. The van der Waals surface area contributed by atoms with Crippen molar-refractivity contribution >= 4 is 40.7 Å². The average Bonchev–Trinajstić information content (AvgIpc) is 2.57. The molecule has 0 radical (unpaired) electrons. The molecule has 130 valence electrons. The normalized spacial score (nSPS) is 13.4. The predicted molar refractivity (Wildman–Crippen MR) is 95.4 cm³/mol. The van der Waals surface area contributed by atoms with Crippen LogP contribution in [0.4, 0.5) is 23.0 Å². The third kappa shape index (κ3) is 3.79. The quantitative estimate of drug-likeness (QED) is 0.362. The minimum absolute atomic E-state index is 0.0334. The fraction of sp³-hybridized carbons (Fsp3) is 0.267. The van der Waals surface area contributed by atoms with Crippen molar-refractivity contribution in [3.63, 3.8) is 0 Å². The number of fused-ring (bicyclic) bond motifs is 1. The van der Waals surface area contributed by atoms with E-state index >= 15 is 0 Å². The van der Waals surface area contributed by atoms with Crippen LogP contribution in [0.1, 0.15) is 12.0 Å². The van der Waals surface area contributed by atoms with Gasteiger partial charge in [-0.25, -0.2) is 9.97 Å². The number of thioether (sulfide) groups is 1. The molecule has 9 nitrogen and oxygen atoms in total. The Bertz CT molecular complexity index is 824. The monoisotopic (exact) mass is 360 g/mol. The summed E-state index contributed by atoms with van der Waals surface area (Å²) in [5, 5.41) is 11.2. The lowest BCUT2D eigenvalue weighted by molar-refractivity contribution is -0.384. The molecule has 0 aliphatic carbocycles. The number of anilines is 3. The molecule has 1 aromatic carbocycles. The maximum atomic E-state index is 12.6. The fourth-order valence-electron chi connectivity index (χ4n) is 2.69. The van der Waals surface area contributed by atoms with Crippen molar-refractivity contribution in [1.29, 1.82) is 0 Å². The molecule has 4 N–H and O–H groups in total. The molecule has 1 aliphatic heterocycles. The molecule has 0 spiro atoms. The van der Waals surface area contributed by atoms with E-state index in [1.807, 2.05) is 0 Å². The first-order valence-corrected chi connectivity index (χ1v) is 8.53. The van der Waals surface area contributed by atoms with Gasteiger partial charge in [0.25, 0.3) is 5.69 Å². The van der Waals surface area contributed by atoms with Crippen LogP contribution in [0, 0.1) is 10.1 Å². The molecular weight excluding hydrogens is 344 g/mol. The molecule has 1 aromatic heterocycles. The lowest BCUT2D eigenvalue weighted by Crippen LogP contribution is -2.36. The highest BCUT2D eigenvalue weighted by molar-refractivity contribution is 7.99. The topological polar surface area (TPSA) is 141 Å². The average molecular weight is 360 g/mol. The lowest BCUT2D eigenvalue weighted by Gasteiger charge is -2.29. The van der Waals surface area contributed by atoms with Gasteiger partial charge in [0.15, 0.2) is 5.16 Å². The number of amides is 1. The number of non-ortho nitro benzene ring substituents is 1. The summed E-state index contributed by atoms with van der Waals surface area (Å²) < 4.78 is 0. The second kappa shape index (κ2) is 6.93. The van der Waals surface area contributed by atoms with E-state index in [2.05, 4.69) is 9.97 Å². The minimum atomic E-state index is -0.432. The van der Waals surface area contributed by atoms with E-state index < -0.39 is 4.92 Å². The number of benzene rings is 1. The smallest absolute Gasteiger partial charge is 0.269 e. The first-order valence-electron chi connectivity index (χ1n) is 7.54. The Hall–Kier alpha value is -2.88. The van der Waals surface area contributed by atoms with Gasteiger partial charge < -0.3 is 16.4 Å². The second-order valence-electron chi connectivity index (χ2n) is 5.51. The van der Waals surface area contributed by atoms with Crippen LogP contribution >= 0.6 is 11.8 Å². The number of hydrogen-bond donors (Lipinski definition) is 2. The summed E-state index contributed by atoms with van der Waals surface area (Å²) in [4.78, 5) is 32.8. The van der Waals surface area contributed by atoms with Crippen molar-refractivity contribution < 1.29 is 9.72 Å². The number of carbonyl (C=O) groups excluding carboxylic acids is 1. The zero-order chi connectivity index (χ0) is 18.0.